The van der Waals surface area contributed by atoms with Crippen LogP contribution in [-0.4, -0.2) is 22.6 Å². The highest BCUT2D eigenvalue weighted by Crippen LogP contribution is 2.14. The predicted octanol–water partition coefficient (Wildman–Crippen LogP) is 0.574. The van der Waals surface area contributed by atoms with Crippen LogP contribution >= 0.6 is 12.2 Å². The number of rotatable bonds is 4. The van der Waals surface area contributed by atoms with Crippen LogP contribution in [0.4, 0.5) is 0 Å². The Hall–Kier alpha value is -1.66. The molecule has 4 N–H and O–H groups in total. The van der Waals surface area contributed by atoms with E-state index in [1.165, 1.54) is 0 Å². The SMILES string of the molecule is CCOc1cccc(CC(=O)N(N)C(N)=S)c1. The molecule has 0 aliphatic heterocycles. The summed E-state index contributed by atoms with van der Waals surface area (Å²) in [7, 11) is 0. The van der Waals surface area contributed by atoms with E-state index < -0.39 is 0 Å². The Kier molecular flexibility index (Phi) is 4.86. The maximum Gasteiger partial charge on any atom is 0.247 e. The molecule has 6 heteroatoms. The van der Waals surface area contributed by atoms with Gasteiger partial charge in [-0.15, -0.1) is 0 Å². The van der Waals surface area contributed by atoms with E-state index in [1.807, 2.05) is 25.1 Å². The zero-order chi connectivity index (χ0) is 12.8. The Balaban J connectivity index is 2.71. The van der Waals surface area contributed by atoms with E-state index in [2.05, 4.69) is 12.2 Å². The molecule has 1 rings (SSSR count). The lowest BCUT2D eigenvalue weighted by Gasteiger charge is -2.14. The molecule has 0 radical (unpaired) electrons. The number of nitrogens with two attached hydrogens (primary N) is 2. The summed E-state index contributed by atoms with van der Waals surface area (Å²) in [6, 6.07) is 7.24. The first-order valence-corrected chi connectivity index (χ1v) is 5.54. The van der Waals surface area contributed by atoms with Gasteiger partial charge >= 0.3 is 0 Å². The molecule has 0 saturated heterocycles. The number of ether oxygens (including phenoxy) is 1. The van der Waals surface area contributed by atoms with Crippen molar-refractivity contribution >= 4 is 23.2 Å². The van der Waals surface area contributed by atoms with Crippen LogP contribution in [0.1, 0.15) is 12.5 Å². The highest BCUT2D eigenvalue weighted by atomic mass is 32.1. The number of hydrogen-bond donors (Lipinski definition) is 2. The van der Waals surface area contributed by atoms with Crippen molar-refractivity contribution in [2.45, 2.75) is 13.3 Å². The third-order valence-electron chi connectivity index (χ3n) is 2.07. The third-order valence-corrected chi connectivity index (χ3v) is 2.27. The number of benzene rings is 1. The number of amides is 1. The van der Waals surface area contributed by atoms with E-state index in [9.17, 15) is 4.79 Å². The van der Waals surface area contributed by atoms with Gasteiger partial charge < -0.3 is 10.5 Å². The van der Waals surface area contributed by atoms with Gasteiger partial charge in [-0.3, -0.25) is 4.79 Å². The zero-order valence-corrected chi connectivity index (χ0v) is 10.4. The molecule has 1 aromatic carbocycles. The number of carbonyl (C=O) groups is 1. The molecular weight excluding hydrogens is 238 g/mol. The number of carbonyl (C=O) groups excluding carboxylic acids is 1. The Morgan fingerprint density at radius 1 is 1.53 bits per heavy atom. The van der Waals surface area contributed by atoms with Crippen molar-refractivity contribution in [3.8, 4) is 5.75 Å². The lowest BCUT2D eigenvalue weighted by molar-refractivity contribution is -0.126. The minimum Gasteiger partial charge on any atom is -0.494 e. The van der Waals surface area contributed by atoms with E-state index >= 15 is 0 Å². The minimum absolute atomic E-state index is 0.134. The Labute approximate surface area is 105 Å². The molecule has 0 aliphatic rings. The van der Waals surface area contributed by atoms with Gasteiger partial charge in [-0.05, 0) is 36.8 Å². The lowest BCUT2D eigenvalue weighted by Crippen LogP contribution is -2.46. The number of hydrazine groups is 1. The molecule has 0 bridgehead atoms. The van der Waals surface area contributed by atoms with Crippen LogP contribution in [-0.2, 0) is 11.2 Å². The predicted molar refractivity (Wildman–Crippen MR) is 69.1 cm³/mol. The average Bonchev–Trinajstić information content (AvgIpc) is 2.28. The van der Waals surface area contributed by atoms with Gasteiger partial charge in [0.25, 0.3) is 0 Å². The molecular formula is C11H15N3O2S. The Morgan fingerprint density at radius 2 is 2.24 bits per heavy atom. The summed E-state index contributed by atoms with van der Waals surface area (Å²) in [6.45, 7) is 2.47. The number of thiocarbonyl (C=S) groups is 1. The fourth-order valence-electron chi connectivity index (χ4n) is 1.29. The van der Waals surface area contributed by atoms with Crippen LogP contribution in [0.2, 0.25) is 0 Å². The van der Waals surface area contributed by atoms with Crippen molar-refractivity contribution in [1.29, 1.82) is 0 Å². The molecule has 0 unspecified atom stereocenters. The quantitative estimate of drug-likeness (QED) is 0.355. The number of nitrogens with zero attached hydrogens (tertiary/aromatic N) is 1. The maximum absolute atomic E-state index is 11.6. The number of hydrogen-bond acceptors (Lipinski definition) is 4. The smallest absolute Gasteiger partial charge is 0.247 e. The van der Waals surface area contributed by atoms with Gasteiger partial charge in [-0.2, -0.15) is 0 Å². The molecule has 1 amide bonds. The first kappa shape index (κ1) is 13.4. The largest absolute Gasteiger partial charge is 0.494 e. The monoisotopic (exact) mass is 253 g/mol. The molecule has 0 fully saturated rings. The van der Waals surface area contributed by atoms with Gasteiger partial charge in [0.1, 0.15) is 5.75 Å². The van der Waals surface area contributed by atoms with E-state index in [4.69, 9.17) is 16.3 Å². The maximum atomic E-state index is 11.6. The summed E-state index contributed by atoms with van der Waals surface area (Å²) in [5, 5.41) is 0.624. The summed E-state index contributed by atoms with van der Waals surface area (Å²) in [5.41, 5.74) is 6.05. The van der Waals surface area contributed by atoms with Crippen LogP contribution in [0, 0.1) is 0 Å². The van der Waals surface area contributed by atoms with E-state index in [-0.39, 0.29) is 17.4 Å². The Bertz CT molecular complexity index is 423. The van der Waals surface area contributed by atoms with E-state index in [0.717, 1.165) is 16.3 Å². The van der Waals surface area contributed by atoms with Crippen molar-refractivity contribution in [3.05, 3.63) is 29.8 Å². The van der Waals surface area contributed by atoms with E-state index in [0.29, 0.717) is 6.61 Å². The molecule has 5 nitrogen and oxygen atoms in total. The lowest BCUT2D eigenvalue weighted by atomic mass is 10.1. The highest BCUT2D eigenvalue weighted by Gasteiger charge is 2.12. The van der Waals surface area contributed by atoms with Crippen molar-refractivity contribution in [1.82, 2.24) is 5.01 Å². The average molecular weight is 253 g/mol. The normalized spacial score (nSPS) is 9.76. The van der Waals surface area contributed by atoms with Crippen LogP contribution in [0.5, 0.6) is 5.75 Å². The van der Waals surface area contributed by atoms with Crippen molar-refractivity contribution in [2.24, 2.45) is 11.6 Å². The third kappa shape index (κ3) is 4.01. The highest BCUT2D eigenvalue weighted by molar-refractivity contribution is 7.80. The fourth-order valence-corrected chi connectivity index (χ4v) is 1.40. The van der Waals surface area contributed by atoms with Gasteiger partial charge in [-0.1, -0.05) is 12.1 Å². The second-order valence-electron chi connectivity index (χ2n) is 3.36. The molecule has 1 aromatic rings. The van der Waals surface area contributed by atoms with Crippen molar-refractivity contribution < 1.29 is 9.53 Å². The first-order chi connectivity index (χ1) is 8.04. The van der Waals surface area contributed by atoms with Gasteiger partial charge in [0.15, 0.2) is 5.11 Å². The second kappa shape index (κ2) is 6.17. The van der Waals surface area contributed by atoms with Gasteiger partial charge in [0.05, 0.1) is 13.0 Å². The van der Waals surface area contributed by atoms with E-state index in [1.54, 1.807) is 6.07 Å². The van der Waals surface area contributed by atoms with Crippen LogP contribution in [0.25, 0.3) is 0 Å². The minimum atomic E-state index is -0.355. The zero-order valence-electron chi connectivity index (χ0n) is 9.55. The molecule has 0 aliphatic carbocycles. The molecule has 0 aromatic heterocycles. The summed E-state index contributed by atoms with van der Waals surface area (Å²) in [4.78, 5) is 11.6. The summed E-state index contributed by atoms with van der Waals surface area (Å²) in [5.74, 6) is 5.75. The first-order valence-electron chi connectivity index (χ1n) is 5.13. The summed E-state index contributed by atoms with van der Waals surface area (Å²) >= 11 is 4.61. The molecule has 0 heterocycles. The molecule has 17 heavy (non-hydrogen) atoms. The summed E-state index contributed by atoms with van der Waals surface area (Å²) < 4.78 is 5.33. The molecule has 0 atom stereocenters. The van der Waals surface area contributed by atoms with Gasteiger partial charge in [-0.25, -0.2) is 10.9 Å². The molecule has 92 valence electrons. The van der Waals surface area contributed by atoms with Crippen LogP contribution in [0.3, 0.4) is 0 Å². The molecule has 0 spiro atoms. The second-order valence-corrected chi connectivity index (χ2v) is 3.78. The van der Waals surface area contributed by atoms with Crippen LogP contribution in [0.15, 0.2) is 24.3 Å². The fraction of sp³-hybridized carbons (Fsp3) is 0.273. The molecule has 0 saturated carbocycles. The van der Waals surface area contributed by atoms with Crippen molar-refractivity contribution in [3.63, 3.8) is 0 Å². The van der Waals surface area contributed by atoms with Crippen LogP contribution < -0.4 is 16.3 Å². The van der Waals surface area contributed by atoms with Gasteiger partial charge in [0, 0.05) is 0 Å². The topological polar surface area (TPSA) is 81.6 Å². The van der Waals surface area contributed by atoms with Gasteiger partial charge in [0.2, 0.25) is 5.91 Å². The summed E-state index contributed by atoms with van der Waals surface area (Å²) in [6.07, 6.45) is 0.134. The Morgan fingerprint density at radius 3 is 2.82 bits per heavy atom. The standard InChI is InChI=1S/C11H15N3O2S/c1-2-16-9-5-3-4-8(6-9)7-10(15)14(13)11(12)17/h3-6H,2,7,13H2,1H3,(H2,12,17). The van der Waals surface area contributed by atoms with Crippen molar-refractivity contribution in [2.75, 3.05) is 6.61 Å².